The summed E-state index contributed by atoms with van der Waals surface area (Å²) in [5.74, 6) is 1.72. The van der Waals surface area contributed by atoms with Gasteiger partial charge in [-0.3, -0.25) is 0 Å². The van der Waals surface area contributed by atoms with E-state index in [2.05, 4.69) is 20.9 Å². The van der Waals surface area contributed by atoms with E-state index in [1.807, 2.05) is 37.4 Å². The summed E-state index contributed by atoms with van der Waals surface area (Å²) < 4.78 is 7.41. The maximum Gasteiger partial charge on any atom is 0.142 e. The van der Waals surface area contributed by atoms with Crippen molar-refractivity contribution in [3.63, 3.8) is 0 Å². The van der Waals surface area contributed by atoms with Crippen LogP contribution in [0.3, 0.4) is 0 Å². The largest absolute Gasteiger partial charge is 0.495 e. The van der Waals surface area contributed by atoms with Gasteiger partial charge in [-0.05, 0) is 30.3 Å². The first-order valence-electron chi connectivity index (χ1n) is 6.67. The molecule has 4 nitrogen and oxygen atoms in total. The molecule has 0 bridgehead atoms. The highest BCUT2D eigenvalue weighted by Crippen LogP contribution is 2.28. The Morgan fingerprint density at radius 1 is 1.24 bits per heavy atom. The first kappa shape index (κ1) is 13.8. The van der Waals surface area contributed by atoms with Gasteiger partial charge in [-0.15, -0.1) is 0 Å². The lowest BCUT2D eigenvalue weighted by Gasteiger charge is -2.11. The molecule has 1 heterocycles. The Balaban J connectivity index is 1.87. The maximum atomic E-state index is 6.03. The van der Waals surface area contributed by atoms with Gasteiger partial charge < -0.3 is 14.6 Å². The molecule has 3 rings (SSSR count). The molecule has 0 saturated carbocycles. The van der Waals surface area contributed by atoms with Gasteiger partial charge in [0.1, 0.15) is 11.6 Å². The van der Waals surface area contributed by atoms with Crippen molar-refractivity contribution >= 4 is 28.3 Å². The molecule has 3 aromatic rings. The predicted molar refractivity (Wildman–Crippen MR) is 86.0 cm³/mol. The van der Waals surface area contributed by atoms with Crippen molar-refractivity contribution in [1.82, 2.24) is 9.55 Å². The molecule has 0 radical (unpaired) electrons. The number of rotatable bonds is 4. The van der Waals surface area contributed by atoms with Crippen LogP contribution in [0, 0.1) is 0 Å². The summed E-state index contributed by atoms with van der Waals surface area (Å²) in [6, 6.07) is 13.6. The number of aromatic nitrogens is 2. The number of imidazole rings is 1. The zero-order valence-corrected chi connectivity index (χ0v) is 12.7. The van der Waals surface area contributed by atoms with E-state index >= 15 is 0 Å². The van der Waals surface area contributed by atoms with E-state index in [4.69, 9.17) is 16.3 Å². The fourth-order valence-corrected chi connectivity index (χ4v) is 2.52. The average molecular weight is 302 g/mol. The second kappa shape index (κ2) is 5.66. The third-order valence-corrected chi connectivity index (χ3v) is 3.71. The lowest BCUT2D eigenvalue weighted by atomic mass is 10.3. The maximum absolute atomic E-state index is 6.03. The minimum Gasteiger partial charge on any atom is -0.495 e. The molecule has 2 aromatic carbocycles. The number of hydrogen-bond acceptors (Lipinski definition) is 3. The fourth-order valence-electron chi connectivity index (χ4n) is 2.35. The molecule has 108 valence electrons. The van der Waals surface area contributed by atoms with Crippen LogP contribution in [0.25, 0.3) is 11.0 Å². The normalized spacial score (nSPS) is 10.8. The number of ether oxygens (including phenoxy) is 1. The average Bonchev–Trinajstić information content (AvgIpc) is 2.82. The molecule has 0 unspecified atom stereocenters. The number of nitrogens with one attached hydrogen (secondary N) is 1. The van der Waals surface area contributed by atoms with Crippen molar-refractivity contribution in [2.45, 2.75) is 6.54 Å². The van der Waals surface area contributed by atoms with E-state index in [0.29, 0.717) is 11.6 Å². The fraction of sp³-hybridized carbons (Fsp3) is 0.188. The summed E-state index contributed by atoms with van der Waals surface area (Å²) in [7, 11) is 3.66. The van der Waals surface area contributed by atoms with Gasteiger partial charge in [-0.2, -0.15) is 0 Å². The summed E-state index contributed by atoms with van der Waals surface area (Å²) in [6.07, 6.45) is 0. The van der Waals surface area contributed by atoms with Gasteiger partial charge in [0.05, 0.1) is 30.4 Å². The summed E-state index contributed by atoms with van der Waals surface area (Å²) in [4.78, 5) is 4.63. The summed E-state index contributed by atoms with van der Waals surface area (Å²) in [5, 5.41) is 4.00. The second-order valence-electron chi connectivity index (χ2n) is 4.77. The first-order valence-corrected chi connectivity index (χ1v) is 7.04. The van der Waals surface area contributed by atoms with Crippen molar-refractivity contribution in [2.24, 2.45) is 7.05 Å². The van der Waals surface area contributed by atoms with E-state index in [1.54, 1.807) is 13.2 Å². The van der Waals surface area contributed by atoms with Crippen LogP contribution in [0.2, 0.25) is 5.02 Å². The lowest BCUT2D eigenvalue weighted by Crippen LogP contribution is -2.06. The highest BCUT2D eigenvalue weighted by atomic mass is 35.5. The van der Waals surface area contributed by atoms with Crippen LogP contribution >= 0.6 is 11.6 Å². The number of para-hydroxylation sites is 2. The van der Waals surface area contributed by atoms with Gasteiger partial charge in [0.2, 0.25) is 0 Å². The van der Waals surface area contributed by atoms with Crippen LogP contribution in [0.4, 0.5) is 5.69 Å². The molecule has 1 N–H and O–H groups in total. The van der Waals surface area contributed by atoms with Gasteiger partial charge in [-0.1, -0.05) is 23.7 Å². The molecule has 0 aliphatic heterocycles. The van der Waals surface area contributed by atoms with Crippen molar-refractivity contribution in [2.75, 3.05) is 12.4 Å². The molecule has 0 saturated heterocycles. The molecule has 0 aliphatic rings. The predicted octanol–water partition coefficient (Wildman–Crippen LogP) is 3.85. The zero-order chi connectivity index (χ0) is 14.8. The highest BCUT2D eigenvalue weighted by Gasteiger charge is 2.08. The number of benzene rings is 2. The van der Waals surface area contributed by atoms with Gasteiger partial charge >= 0.3 is 0 Å². The Labute approximate surface area is 128 Å². The smallest absolute Gasteiger partial charge is 0.142 e. The molecular weight excluding hydrogens is 286 g/mol. The van der Waals surface area contributed by atoms with Crippen molar-refractivity contribution in [3.8, 4) is 5.75 Å². The van der Waals surface area contributed by atoms with Crippen LogP contribution in [-0.2, 0) is 13.6 Å². The molecule has 1 aromatic heterocycles. The van der Waals surface area contributed by atoms with Crippen LogP contribution in [0.5, 0.6) is 5.75 Å². The minimum absolute atomic E-state index is 0.599. The number of hydrogen-bond donors (Lipinski definition) is 1. The number of anilines is 1. The molecule has 5 heteroatoms. The number of fused-ring (bicyclic) bond motifs is 1. The van der Waals surface area contributed by atoms with Gasteiger partial charge in [0.15, 0.2) is 0 Å². The van der Waals surface area contributed by atoms with Crippen molar-refractivity contribution in [1.29, 1.82) is 0 Å². The summed E-state index contributed by atoms with van der Waals surface area (Å²) >= 11 is 6.03. The number of aryl methyl sites for hydroxylation is 1. The lowest BCUT2D eigenvalue weighted by molar-refractivity contribution is 0.416. The van der Waals surface area contributed by atoms with Gasteiger partial charge in [0, 0.05) is 12.1 Å². The standard InChI is InChI=1S/C16H16ClN3O/c1-20-14-6-4-3-5-12(14)19-16(20)10-18-13-9-11(17)7-8-15(13)21-2/h3-9,18H,10H2,1-2H3. The van der Waals surface area contributed by atoms with E-state index < -0.39 is 0 Å². The van der Waals surface area contributed by atoms with E-state index in [1.165, 1.54) is 0 Å². The first-order chi connectivity index (χ1) is 10.2. The van der Waals surface area contributed by atoms with Crippen LogP contribution < -0.4 is 10.1 Å². The quantitative estimate of drug-likeness (QED) is 0.795. The van der Waals surface area contributed by atoms with E-state index in [-0.39, 0.29) is 0 Å². The van der Waals surface area contributed by atoms with Gasteiger partial charge in [-0.25, -0.2) is 4.98 Å². The van der Waals surface area contributed by atoms with E-state index in [0.717, 1.165) is 28.3 Å². The van der Waals surface area contributed by atoms with Crippen molar-refractivity contribution < 1.29 is 4.74 Å². The molecule has 21 heavy (non-hydrogen) atoms. The highest BCUT2D eigenvalue weighted by molar-refractivity contribution is 6.30. The minimum atomic E-state index is 0.599. The molecule has 0 spiro atoms. The Bertz CT molecular complexity index is 782. The molecule has 0 fully saturated rings. The van der Waals surface area contributed by atoms with E-state index in [9.17, 15) is 0 Å². The Hall–Kier alpha value is -2.20. The van der Waals surface area contributed by atoms with Crippen LogP contribution in [-0.4, -0.2) is 16.7 Å². The van der Waals surface area contributed by atoms with Gasteiger partial charge in [0.25, 0.3) is 0 Å². The Kier molecular flexibility index (Phi) is 3.71. The molecule has 0 atom stereocenters. The molecule has 0 amide bonds. The van der Waals surface area contributed by atoms with Crippen molar-refractivity contribution in [3.05, 3.63) is 53.3 Å². The second-order valence-corrected chi connectivity index (χ2v) is 5.21. The van der Waals surface area contributed by atoms with Crippen LogP contribution in [0.1, 0.15) is 5.82 Å². The number of halogens is 1. The Morgan fingerprint density at radius 2 is 2.05 bits per heavy atom. The third kappa shape index (κ3) is 2.67. The Morgan fingerprint density at radius 3 is 2.81 bits per heavy atom. The molecule has 0 aliphatic carbocycles. The zero-order valence-electron chi connectivity index (χ0n) is 11.9. The molecular formula is C16H16ClN3O. The topological polar surface area (TPSA) is 39.1 Å². The summed E-state index contributed by atoms with van der Waals surface area (Å²) in [5.41, 5.74) is 2.97. The third-order valence-electron chi connectivity index (χ3n) is 3.48. The monoisotopic (exact) mass is 301 g/mol. The SMILES string of the molecule is COc1ccc(Cl)cc1NCc1nc2ccccc2n1C. The number of methoxy groups -OCH3 is 1. The summed E-state index contributed by atoms with van der Waals surface area (Å²) in [6.45, 7) is 0.599. The number of nitrogens with zero attached hydrogens (tertiary/aromatic N) is 2. The van der Waals surface area contributed by atoms with Crippen LogP contribution in [0.15, 0.2) is 42.5 Å².